The molecule has 2 amide bonds. The van der Waals surface area contributed by atoms with Gasteiger partial charge >= 0.3 is 0 Å². The van der Waals surface area contributed by atoms with Gasteiger partial charge in [-0.05, 0) is 68.6 Å². The van der Waals surface area contributed by atoms with Gasteiger partial charge < -0.3 is 14.7 Å². The first-order valence-electron chi connectivity index (χ1n) is 11.7. The maximum Gasteiger partial charge on any atom is 0.242 e. The van der Waals surface area contributed by atoms with Gasteiger partial charge in [0.2, 0.25) is 11.8 Å². The molecule has 1 N–H and O–H groups in total. The van der Waals surface area contributed by atoms with E-state index in [4.69, 9.17) is 4.52 Å². The number of piperazine rings is 1. The summed E-state index contributed by atoms with van der Waals surface area (Å²) in [6.07, 6.45) is 8.48. The number of nitrogens with one attached hydrogen (secondary N) is 1. The van der Waals surface area contributed by atoms with Gasteiger partial charge in [0.15, 0.2) is 0 Å². The van der Waals surface area contributed by atoms with Crippen LogP contribution in [0.3, 0.4) is 0 Å². The van der Waals surface area contributed by atoms with Crippen molar-refractivity contribution in [3.63, 3.8) is 0 Å². The minimum Gasteiger partial charge on any atom is -0.361 e. The molecule has 4 bridgehead atoms. The molecule has 0 spiro atoms. The lowest BCUT2D eigenvalue weighted by molar-refractivity contribution is -0.136. The summed E-state index contributed by atoms with van der Waals surface area (Å²) in [7, 11) is 0. The molecule has 7 nitrogen and oxygen atoms in total. The summed E-state index contributed by atoms with van der Waals surface area (Å²) in [6, 6.07) is 1.96. The fraction of sp³-hybridized carbons (Fsp3) is 0.783. The summed E-state index contributed by atoms with van der Waals surface area (Å²) in [5.74, 6) is 3.48. The average molecular weight is 415 g/mol. The predicted octanol–water partition coefficient (Wildman–Crippen LogP) is 2.35. The van der Waals surface area contributed by atoms with E-state index in [1.54, 1.807) is 0 Å². The van der Waals surface area contributed by atoms with Crippen LogP contribution in [0.25, 0.3) is 0 Å². The van der Waals surface area contributed by atoms with Crippen LogP contribution in [0.5, 0.6) is 0 Å². The van der Waals surface area contributed by atoms with E-state index in [1.165, 1.54) is 38.5 Å². The van der Waals surface area contributed by atoms with E-state index < -0.39 is 0 Å². The van der Waals surface area contributed by atoms with E-state index >= 15 is 0 Å². The molecule has 4 aliphatic carbocycles. The molecule has 1 aliphatic heterocycles. The van der Waals surface area contributed by atoms with Gasteiger partial charge in [-0.3, -0.25) is 14.5 Å². The highest BCUT2D eigenvalue weighted by Crippen LogP contribution is 2.61. The number of hydrogen-bond donors (Lipinski definition) is 1. The predicted molar refractivity (Wildman–Crippen MR) is 111 cm³/mol. The molecule has 7 heteroatoms. The first-order valence-corrected chi connectivity index (χ1v) is 11.7. The maximum absolute atomic E-state index is 12.7. The SMILES string of the molecule is Cc1cc(CN2CCN(C(=O)CNC(=O)CC34CC5CC(CC(C5)C3)C4)CC2)no1. The van der Waals surface area contributed by atoms with Gasteiger partial charge in [-0.2, -0.15) is 0 Å². The van der Waals surface area contributed by atoms with Crippen molar-refractivity contribution in [1.82, 2.24) is 20.3 Å². The highest BCUT2D eigenvalue weighted by Gasteiger charge is 2.51. The molecular weight excluding hydrogens is 380 g/mol. The number of nitrogens with zero attached hydrogens (tertiary/aromatic N) is 3. The molecule has 5 fully saturated rings. The maximum atomic E-state index is 12.7. The zero-order chi connectivity index (χ0) is 20.7. The molecule has 30 heavy (non-hydrogen) atoms. The monoisotopic (exact) mass is 414 g/mol. The fourth-order valence-corrected chi connectivity index (χ4v) is 7.07. The van der Waals surface area contributed by atoms with E-state index in [9.17, 15) is 9.59 Å². The van der Waals surface area contributed by atoms with Crippen LogP contribution < -0.4 is 5.32 Å². The number of amides is 2. The van der Waals surface area contributed by atoms with Crippen molar-refractivity contribution >= 4 is 11.8 Å². The summed E-state index contributed by atoms with van der Waals surface area (Å²) in [6.45, 7) is 5.80. The van der Waals surface area contributed by atoms with Crippen molar-refractivity contribution in [2.45, 2.75) is 58.4 Å². The molecule has 0 aromatic carbocycles. The molecule has 2 heterocycles. The number of carbonyl (C=O) groups excluding carboxylic acids is 2. The quantitative estimate of drug-likeness (QED) is 0.773. The van der Waals surface area contributed by atoms with Gasteiger partial charge in [-0.15, -0.1) is 0 Å². The molecule has 6 rings (SSSR count). The van der Waals surface area contributed by atoms with Crippen LogP contribution in [0.1, 0.15) is 56.4 Å². The summed E-state index contributed by atoms with van der Waals surface area (Å²) in [5.41, 5.74) is 1.16. The first kappa shape index (κ1) is 20.0. The third kappa shape index (κ3) is 4.27. The second-order valence-electron chi connectivity index (χ2n) is 10.5. The van der Waals surface area contributed by atoms with Crippen LogP contribution in [0.4, 0.5) is 0 Å². The molecule has 1 saturated heterocycles. The minimum atomic E-state index is 0.0331. The van der Waals surface area contributed by atoms with Gasteiger partial charge in [0.1, 0.15) is 5.76 Å². The van der Waals surface area contributed by atoms with E-state index in [1.807, 2.05) is 17.9 Å². The van der Waals surface area contributed by atoms with Gasteiger partial charge in [-0.25, -0.2) is 0 Å². The smallest absolute Gasteiger partial charge is 0.242 e. The van der Waals surface area contributed by atoms with Crippen molar-refractivity contribution in [2.24, 2.45) is 23.2 Å². The van der Waals surface area contributed by atoms with Crippen molar-refractivity contribution < 1.29 is 14.1 Å². The minimum absolute atomic E-state index is 0.0331. The summed E-state index contributed by atoms with van der Waals surface area (Å²) >= 11 is 0. The van der Waals surface area contributed by atoms with Crippen LogP contribution >= 0.6 is 0 Å². The molecule has 5 aliphatic rings. The van der Waals surface area contributed by atoms with E-state index in [-0.39, 0.29) is 23.8 Å². The lowest BCUT2D eigenvalue weighted by atomic mass is 9.49. The third-order valence-electron chi connectivity index (χ3n) is 7.92. The average Bonchev–Trinajstić information content (AvgIpc) is 3.10. The van der Waals surface area contributed by atoms with E-state index in [0.717, 1.165) is 48.8 Å². The number of hydrogen-bond acceptors (Lipinski definition) is 5. The third-order valence-corrected chi connectivity index (χ3v) is 7.92. The van der Waals surface area contributed by atoms with Gasteiger partial charge in [0.05, 0.1) is 12.2 Å². The standard InChI is InChI=1S/C23H34N4O3/c1-16-6-20(25-30-16)15-26-2-4-27(5-3-26)22(29)14-24-21(28)13-23-10-17-7-18(11-23)9-19(8-17)12-23/h6,17-19H,2-5,7-15H2,1H3,(H,24,28). The molecule has 164 valence electrons. The molecule has 0 atom stereocenters. The fourth-order valence-electron chi connectivity index (χ4n) is 7.07. The number of aryl methyl sites for hydroxylation is 1. The van der Waals surface area contributed by atoms with Crippen molar-refractivity contribution in [1.29, 1.82) is 0 Å². The lowest BCUT2D eigenvalue weighted by Gasteiger charge is -2.56. The Morgan fingerprint density at radius 3 is 2.30 bits per heavy atom. The largest absolute Gasteiger partial charge is 0.361 e. The molecule has 1 aromatic rings. The Kier molecular flexibility index (Phi) is 5.33. The Hall–Kier alpha value is -1.89. The van der Waals surface area contributed by atoms with Crippen molar-refractivity contribution in [3.05, 3.63) is 17.5 Å². The zero-order valence-electron chi connectivity index (χ0n) is 18.1. The second-order valence-corrected chi connectivity index (χ2v) is 10.5. The zero-order valence-corrected chi connectivity index (χ0v) is 18.1. The molecule has 0 radical (unpaired) electrons. The molecule has 0 unspecified atom stereocenters. The number of rotatable bonds is 6. The normalized spacial score (nSPS) is 33.1. The highest BCUT2D eigenvalue weighted by atomic mass is 16.5. The van der Waals surface area contributed by atoms with Crippen LogP contribution in [-0.2, 0) is 16.1 Å². The number of carbonyl (C=O) groups is 2. The summed E-state index contributed by atoms with van der Waals surface area (Å²) in [4.78, 5) is 29.4. The van der Waals surface area contributed by atoms with Crippen LogP contribution in [0.15, 0.2) is 10.6 Å². The topological polar surface area (TPSA) is 78.7 Å². The first-order chi connectivity index (χ1) is 14.5. The van der Waals surface area contributed by atoms with Gasteiger partial charge in [0.25, 0.3) is 0 Å². The van der Waals surface area contributed by atoms with E-state index in [2.05, 4.69) is 15.4 Å². The molecular formula is C23H34N4O3. The van der Waals surface area contributed by atoms with Crippen LogP contribution in [-0.4, -0.2) is 59.5 Å². The van der Waals surface area contributed by atoms with Crippen molar-refractivity contribution in [2.75, 3.05) is 32.7 Å². The lowest BCUT2D eigenvalue weighted by Crippen LogP contribution is -2.51. The Bertz CT molecular complexity index is 761. The van der Waals surface area contributed by atoms with Gasteiger partial charge in [-0.1, -0.05) is 5.16 Å². The number of aromatic nitrogens is 1. The molecule has 1 aromatic heterocycles. The van der Waals surface area contributed by atoms with Crippen LogP contribution in [0, 0.1) is 30.1 Å². The van der Waals surface area contributed by atoms with Crippen LogP contribution in [0.2, 0.25) is 0 Å². The molecule has 4 saturated carbocycles. The summed E-state index contributed by atoms with van der Waals surface area (Å²) in [5, 5.41) is 6.99. The van der Waals surface area contributed by atoms with E-state index in [0.29, 0.717) is 19.5 Å². The Labute approximate surface area is 178 Å². The summed E-state index contributed by atoms with van der Waals surface area (Å²) < 4.78 is 5.13. The Morgan fingerprint density at radius 1 is 1.10 bits per heavy atom. The Balaban J connectivity index is 1.05. The second kappa shape index (κ2) is 7.98. The Morgan fingerprint density at radius 2 is 1.73 bits per heavy atom. The highest BCUT2D eigenvalue weighted by molar-refractivity contribution is 5.85. The van der Waals surface area contributed by atoms with Gasteiger partial charge in [0, 0.05) is 45.2 Å². The van der Waals surface area contributed by atoms with Crippen molar-refractivity contribution in [3.8, 4) is 0 Å².